The highest BCUT2D eigenvalue weighted by Crippen LogP contribution is 2.20. The first-order valence-electron chi connectivity index (χ1n) is 5.45. The minimum Gasteiger partial charge on any atom is -0.259 e. The Morgan fingerprint density at radius 1 is 1.07 bits per heavy atom. The van der Waals surface area contributed by atoms with Crippen molar-refractivity contribution in [2.24, 2.45) is 0 Å². The Labute approximate surface area is 96.4 Å². The summed E-state index contributed by atoms with van der Waals surface area (Å²) in [5.74, 6) is 0. The Bertz CT molecular complexity index is 393. The molecule has 2 heterocycles. The molecule has 84 valence electrons. The van der Waals surface area contributed by atoms with E-state index in [0.717, 1.165) is 16.2 Å². The Balaban J connectivity index is 0.000000442. The molecule has 2 aromatic rings. The maximum atomic E-state index is 4.31. The van der Waals surface area contributed by atoms with E-state index < -0.39 is 0 Å². The predicted octanol–water partition coefficient (Wildman–Crippen LogP) is 4.36. The topological polar surface area (TPSA) is 25.8 Å². The third kappa shape index (κ3) is 3.96. The monoisotopic (exact) mass is 224 g/mol. The fraction of sp³-hybridized carbons (Fsp3) is 0.500. The first kappa shape index (κ1) is 14.0. The van der Waals surface area contributed by atoms with Crippen LogP contribution in [-0.4, -0.2) is 9.97 Å². The number of hydrogen-bond donors (Lipinski definition) is 0. The maximum absolute atomic E-state index is 4.31. The number of aromatic nitrogens is 2. The lowest BCUT2D eigenvalue weighted by molar-refractivity contribution is 1.21. The van der Waals surface area contributed by atoms with E-state index in [1.807, 2.05) is 47.7 Å². The molecule has 0 atom stereocenters. The van der Waals surface area contributed by atoms with Crippen molar-refractivity contribution in [1.29, 1.82) is 0 Å². The Morgan fingerprint density at radius 2 is 1.67 bits per heavy atom. The minimum absolute atomic E-state index is 1.01. The molecule has 15 heavy (non-hydrogen) atoms. The van der Waals surface area contributed by atoms with Gasteiger partial charge in [0.05, 0.1) is 21.4 Å². The smallest absolute Gasteiger partial charge is 0.0998 e. The summed E-state index contributed by atoms with van der Waals surface area (Å²) in [5.41, 5.74) is 2.07. The average molecular weight is 224 g/mol. The van der Waals surface area contributed by atoms with Crippen LogP contribution in [0.5, 0.6) is 0 Å². The van der Waals surface area contributed by atoms with Crippen molar-refractivity contribution in [3.63, 3.8) is 0 Å². The quantitative estimate of drug-likeness (QED) is 0.664. The van der Waals surface area contributed by atoms with Crippen molar-refractivity contribution in [2.45, 2.75) is 41.5 Å². The highest BCUT2D eigenvalue weighted by Gasteiger charge is 1.99. The molecule has 0 aromatic carbocycles. The molecule has 3 heteroatoms. The lowest BCUT2D eigenvalue weighted by atomic mass is 10.4. The average Bonchev–Trinajstić information content (AvgIpc) is 2.63. The Morgan fingerprint density at radius 3 is 2.27 bits per heavy atom. The van der Waals surface area contributed by atoms with Gasteiger partial charge in [0, 0.05) is 5.69 Å². The molecule has 0 saturated heterocycles. The van der Waals surface area contributed by atoms with Crippen molar-refractivity contribution in [3.05, 3.63) is 23.0 Å². The minimum atomic E-state index is 1.01. The zero-order valence-electron chi connectivity index (χ0n) is 10.5. The van der Waals surface area contributed by atoms with E-state index in [1.165, 1.54) is 4.70 Å². The number of fused-ring (bicyclic) bond motifs is 1. The molecule has 0 fully saturated rings. The van der Waals surface area contributed by atoms with Crippen LogP contribution in [0.3, 0.4) is 0 Å². The van der Waals surface area contributed by atoms with Gasteiger partial charge in [-0.05, 0) is 19.9 Å². The van der Waals surface area contributed by atoms with Gasteiger partial charge in [0.2, 0.25) is 0 Å². The van der Waals surface area contributed by atoms with Gasteiger partial charge in [0.15, 0.2) is 0 Å². The molecule has 0 amide bonds. The van der Waals surface area contributed by atoms with Crippen LogP contribution in [0.1, 0.15) is 38.4 Å². The summed E-state index contributed by atoms with van der Waals surface area (Å²) in [6.07, 6.45) is 1.83. The third-order valence-electron chi connectivity index (χ3n) is 1.52. The van der Waals surface area contributed by atoms with E-state index in [4.69, 9.17) is 0 Å². The highest BCUT2D eigenvalue weighted by molar-refractivity contribution is 7.18. The predicted molar refractivity (Wildman–Crippen MR) is 69.6 cm³/mol. The van der Waals surface area contributed by atoms with E-state index in [2.05, 4.69) is 16.0 Å². The second-order valence-corrected chi connectivity index (χ2v) is 3.76. The van der Waals surface area contributed by atoms with Gasteiger partial charge in [-0.3, -0.25) is 4.98 Å². The van der Waals surface area contributed by atoms with E-state index in [0.29, 0.717) is 0 Å². The number of pyridine rings is 1. The SMILES string of the molecule is CC.CC.Cc1cc2sc(C)nc2cn1. The summed E-state index contributed by atoms with van der Waals surface area (Å²) < 4.78 is 1.23. The van der Waals surface area contributed by atoms with E-state index in [9.17, 15) is 0 Å². The summed E-state index contributed by atoms with van der Waals surface area (Å²) in [4.78, 5) is 8.48. The van der Waals surface area contributed by atoms with Crippen LogP contribution >= 0.6 is 11.3 Å². The number of aryl methyl sites for hydroxylation is 2. The van der Waals surface area contributed by atoms with Gasteiger partial charge in [0.25, 0.3) is 0 Å². The van der Waals surface area contributed by atoms with Crippen molar-refractivity contribution >= 4 is 21.6 Å². The lowest BCUT2D eigenvalue weighted by Gasteiger charge is -1.87. The van der Waals surface area contributed by atoms with E-state index >= 15 is 0 Å². The van der Waals surface area contributed by atoms with Gasteiger partial charge < -0.3 is 0 Å². The summed E-state index contributed by atoms with van der Waals surface area (Å²) in [5, 5.41) is 1.10. The summed E-state index contributed by atoms with van der Waals surface area (Å²) in [6, 6.07) is 2.07. The molecule has 2 aromatic heterocycles. The molecule has 0 aliphatic carbocycles. The molecule has 0 saturated carbocycles. The van der Waals surface area contributed by atoms with Crippen molar-refractivity contribution in [1.82, 2.24) is 9.97 Å². The van der Waals surface area contributed by atoms with Gasteiger partial charge in [0.1, 0.15) is 0 Å². The summed E-state index contributed by atoms with van der Waals surface area (Å²) in [6.45, 7) is 12.0. The van der Waals surface area contributed by atoms with Gasteiger partial charge in [-0.25, -0.2) is 4.98 Å². The summed E-state index contributed by atoms with van der Waals surface area (Å²) in [7, 11) is 0. The third-order valence-corrected chi connectivity index (χ3v) is 2.45. The molecule has 0 aliphatic heterocycles. The number of rotatable bonds is 0. The van der Waals surface area contributed by atoms with Crippen LogP contribution in [0.15, 0.2) is 12.3 Å². The van der Waals surface area contributed by atoms with Crippen molar-refractivity contribution < 1.29 is 0 Å². The zero-order chi connectivity index (χ0) is 11.8. The van der Waals surface area contributed by atoms with Crippen LogP contribution in [0, 0.1) is 13.8 Å². The van der Waals surface area contributed by atoms with Gasteiger partial charge in [-0.2, -0.15) is 0 Å². The molecule has 0 radical (unpaired) electrons. The molecule has 0 N–H and O–H groups in total. The maximum Gasteiger partial charge on any atom is 0.0998 e. The van der Waals surface area contributed by atoms with Crippen LogP contribution < -0.4 is 0 Å². The van der Waals surface area contributed by atoms with E-state index in [-0.39, 0.29) is 0 Å². The zero-order valence-corrected chi connectivity index (χ0v) is 11.3. The number of nitrogens with zero attached hydrogens (tertiary/aromatic N) is 2. The first-order valence-corrected chi connectivity index (χ1v) is 6.27. The van der Waals surface area contributed by atoms with Crippen molar-refractivity contribution in [3.8, 4) is 0 Å². The second-order valence-electron chi connectivity index (χ2n) is 2.53. The normalized spacial score (nSPS) is 8.67. The number of thiazole rings is 1. The van der Waals surface area contributed by atoms with Crippen LogP contribution in [0.2, 0.25) is 0 Å². The van der Waals surface area contributed by atoms with Crippen LogP contribution in [-0.2, 0) is 0 Å². The first-order chi connectivity index (χ1) is 7.25. The molecule has 0 unspecified atom stereocenters. The molecular formula is C12H20N2S. The van der Waals surface area contributed by atoms with Crippen molar-refractivity contribution in [2.75, 3.05) is 0 Å². The van der Waals surface area contributed by atoms with Crippen LogP contribution in [0.25, 0.3) is 10.2 Å². The molecule has 0 aliphatic rings. The molecule has 0 bridgehead atoms. The molecule has 2 nitrogen and oxygen atoms in total. The second kappa shape index (κ2) is 7.35. The fourth-order valence-corrected chi connectivity index (χ4v) is 1.94. The van der Waals surface area contributed by atoms with Gasteiger partial charge in [-0.1, -0.05) is 27.7 Å². The number of hydrogen-bond acceptors (Lipinski definition) is 3. The standard InChI is InChI=1S/C8H8N2S.2C2H6/c1-5-3-8-7(4-9-5)10-6(2)11-8;2*1-2/h3-4H,1-2H3;2*1-2H3. The highest BCUT2D eigenvalue weighted by atomic mass is 32.1. The van der Waals surface area contributed by atoms with Crippen LogP contribution in [0.4, 0.5) is 0 Å². The molecule has 2 rings (SSSR count). The van der Waals surface area contributed by atoms with Gasteiger partial charge >= 0.3 is 0 Å². The van der Waals surface area contributed by atoms with Gasteiger partial charge in [-0.15, -0.1) is 11.3 Å². The fourth-order valence-electron chi connectivity index (χ4n) is 1.04. The summed E-state index contributed by atoms with van der Waals surface area (Å²) >= 11 is 1.72. The Hall–Kier alpha value is -0.960. The molecular weight excluding hydrogens is 204 g/mol. The van der Waals surface area contributed by atoms with E-state index in [1.54, 1.807) is 11.3 Å². The largest absolute Gasteiger partial charge is 0.259 e. The Kier molecular flexibility index (Phi) is 6.88. The molecule has 0 spiro atoms. The lowest BCUT2D eigenvalue weighted by Crippen LogP contribution is -1.77.